The van der Waals surface area contributed by atoms with E-state index in [9.17, 15) is 0 Å². The molecule has 44 heavy (non-hydrogen) atoms. The summed E-state index contributed by atoms with van der Waals surface area (Å²) in [5.41, 5.74) is 7.31. The molecule has 4 heterocycles. The van der Waals surface area contributed by atoms with Gasteiger partial charge in [-0.1, -0.05) is 41.2 Å². The number of anilines is 2. The van der Waals surface area contributed by atoms with Gasteiger partial charge >= 0.3 is 0 Å². The number of halogens is 1. The molecule has 1 aromatic carbocycles. The SMILES string of the molecule is CCc1nc(C=C(C)C)c(/C(=C\I)c2ccc(N3CCC(N4CCN(C)CC4)CC3C)c(OC)c2)nc1NC1CCOCC1. The Hall–Kier alpha value is -2.21. The topological polar surface area (TPSA) is 66.0 Å². The van der Waals surface area contributed by atoms with Gasteiger partial charge < -0.3 is 24.6 Å². The molecule has 3 aliphatic rings. The zero-order valence-electron chi connectivity index (χ0n) is 27.5. The van der Waals surface area contributed by atoms with Gasteiger partial charge in [-0.2, -0.15) is 0 Å². The third kappa shape index (κ3) is 7.77. The van der Waals surface area contributed by atoms with E-state index < -0.39 is 0 Å². The minimum absolute atomic E-state index is 0.347. The molecule has 2 unspecified atom stereocenters. The fourth-order valence-electron chi connectivity index (χ4n) is 6.81. The Bertz CT molecular complexity index is 1330. The van der Waals surface area contributed by atoms with Gasteiger partial charge in [-0.25, -0.2) is 9.97 Å². The average Bonchev–Trinajstić information content (AvgIpc) is 3.03. The van der Waals surface area contributed by atoms with Crippen molar-refractivity contribution in [1.82, 2.24) is 19.8 Å². The molecule has 1 aromatic heterocycles. The van der Waals surface area contributed by atoms with Gasteiger partial charge in [0.25, 0.3) is 0 Å². The van der Waals surface area contributed by atoms with E-state index in [0.717, 1.165) is 78.8 Å². The van der Waals surface area contributed by atoms with Crippen molar-refractivity contribution in [3.05, 3.63) is 50.5 Å². The summed E-state index contributed by atoms with van der Waals surface area (Å²) in [6.45, 7) is 16.1. The molecule has 0 radical (unpaired) electrons. The fraction of sp³-hybridized carbons (Fsp3) is 0.600. The largest absolute Gasteiger partial charge is 0.495 e. The van der Waals surface area contributed by atoms with Crippen LogP contribution >= 0.6 is 22.6 Å². The molecule has 9 heteroatoms. The Labute approximate surface area is 278 Å². The summed E-state index contributed by atoms with van der Waals surface area (Å²) < 4.78 is 13.8. The first-order valence-electron chi connectivity index (χ1n) is 16.4. The predicted octanol–water partition coefficient (Wildman–Crippen LogP) is 6.49. The third-order valence-electron chi connectivity index (χ3n) is 9.38. The van der Waals surface area contributed by atoms with Crippen LogP contribution in [0.1, 0.15) is 76.0 Å². The maximum absolute atomic E-state index is 6.07. The minimum Gasteiger partial charge on any atom is -0.495 e. The highest BCUT2D eigenvalue weighted by Gasteiger charge is 2.32. The molecule has 3 fully saturated rings. The Morgan fingerprint density at radius 2 is 1.84 bits per heavy atom. The van der Waals surface area contributed by atoms with Crippen LogP contribution in [0.3, 0.4) is 0 Å². The summed E-state index contributed by atoms with van der Waals surface area (Å²) in [5, 5.41) is 3.72. The summed E-state index contributed by atoms with van der Waals surface area (Å²) >= 11 is 2.35. The van der Waals surface area contributed by atoms with Crippen LogP contribution in [0.5, 0.6) is 5.75 Å². The number of ether oxygens (including phenoxy) is 2. The van der Waals surface area contributed by atoms with Crippen LogP contribution in [0.15, 0.2) is 27.9 Å². The van der Waals surface area contributed by atoms with E-state index in [1.165, 1.54) is 50.3 Å². The summed E-state index contributed by atoms with van der Waals surface area (Å²) in [5.74, 6) is 1.79. The lowest BCUT2D eigenvalue weighted by molar-refractivity contribution is 0.0903. The summed E-state index contributed by atoms with van der Waals surface area (Å²) in [4.78, 5) is 18.1. The highest BCUT2D eigenvalue weighted by atomic mass is 127. The normalized spacial score (nSPS) is 22.6. The maximum Gasteiger partial charge on any atom is 0.148 e. The molecular weight excluding hydrogens is 663 g/mol. The number of nitrogens with zero attached hydrogens (tertiary/aromatic N) is 5. The van der Waals surface area contributed by atoms with Gasteiger partial charge in [0.05, 0.1) is 29.9 Å². The number of rotatable bonds is 9. The number of aromatic nitrogens is 2. The number of piperazine rings is 1. The first kappa shape index (κ1) is 33.2. The van der Waals surface area contributed by atoms with E-state index in [1.54, 1.807) is 7.11 Å². The van der Waals surface area contributed by atoms with Crippen molar-refractivity contribution in [2.75, 3.05) is 70.3 Å². The molecule has 3 aliphatic heterocycles. The lowest BCUT2D eigenvalue weighted by Gasteiger charge is -2.45. The van der Waals surface area contributed by atoms with Crippen molar-refractivity contribution in [2.45, 2.75) is 77.9 Å². The molecule has 240 valence electrons. The number of hydrogen-bond acceptors (Lipinski definition) is 8. The molecule has 2 atom stereocenters. The second kappa shape index (κ2) is 15.4. The van der Waals surface area contributed by atoms with Gasteiger partial charge in [-0.05, 0) is 87.8 Å². The van der Waals surface area contributed by atoms with Crippen molar-refractivity contribution in [3.63, 3.8) is 0 Å². The third-order valence-corrected chi connectivity index (χ3v) is 10.0. The van der Waals surface area contributed by atoms with Crippen LogP contribution in [0, 0.1) is 0 Å². The van der Waals surface area contributed by atoms with Crippen molar-refractivity contribution in [2.24, 2.45) is 0 Å². The van der Waals surface area contributed by atoms with Gasteiger partial charge in [0.2, 0.25) is 0 Å². The molecule has 0 amide bonds. The van der Waals surface area contributed by atoms with Gasteiger partial charge in [-0.3, -0.25) is 4.90 Å². The van der Waals surface area contributed by atoms with E-state index in [0.29, 0.717) is 18.1 Å². The molecule has 1 N–H and O–H groups in total. The van der Waals surface area contributed by atoms with Crippen molar-refractivity contribution < 1.29 is 9.47 Å². The highest BCUT2D eigenvalue weighted by Crippen LogP contribution is 2.38. The Balaban J connectivity index is 1.43. The number of hydrogen-bond donors (Lipinski definition) is 1. The molecular formula is C35H51IN6O2. The van der Waals surface area contributed by atoms with Gasteiger partial charge in [-0.15, -0.1) is 0 Å². The number of nitrogens with one attached hydrogen (secondary N) is 1. The quantitative estimate of drug-likeness (QED) is 0.296. The van der Waals surface area contributed by atoms with Crippen LogP contribution in [0.4, 0.5) is 11.5 Å². The van der Waals surface area contributed by atoms with E-state index in [4.69, 9.17) is 19.4 Å². The monoisotopic (exact) mass is 714 g/mol. The molecule has 0 bridgehead atoms. The van der Waals surface area contributed by atoms with Crippen molar-refractivity contribution in [1.29, 1.82) is 0 Å². The molecule has 0 spiro atoms. The average molecular weight is 715 g/mol. The zero-order chi connectivity index (χ0) is 31.2. The van der Waals surface area contributed by atoms with E-state index in [-0.39, 0.29) is 0 Å². The smallest absolute Gasteiger partial charge is 0.148 e. The molecule has 0 saturated carbocycles. The summed E-state index contributed by atoms with van der Waals surface area (Å²) in [6.07, 6.45) is 7.30. The van der Waals surface area contributed by atoms with E-state index in [2.05, 4.69) is 106 Å². The standard InChI is InChI=1S/C35H51IN6O2/c1-7-30-35(37-27-11-18-44-19-12-27)39-34(31(38-30)20-24(2)3)29(23-36)26-8-9-32(33(22-26)43-6)42-13-10-28(21-25(42)4)41-16-14-40(5)15-17-41/h8-9,20,22-23,25,27-28H,7,10-19,21H2,1-6H3,(H,37,39)/b29-23-. The van der Waals surface area contributed by atoms with Crippen LogP contribution in [0.25, 0.3) is 11.6 Å². The Morgan fingerprint density at radius 3 is 2.48 bits per heavy atom. The molecule has 3 saturated heterocycles. The minimum atomic E-state index is 0.347. The van der Waals surface area contributed by atoms with Crippen LogP contribution in [-0.2, 0) is 11.2 Å². The Kier molecular flexibility index (Phi) is 11.6. The number of allylic oxidation sites excluding steroid dienone is 1. The summed E-state index contributed by atoms with van der Waals surface area (Å²) in [7, 11) is 4.02. The van der Waals surface area contributed by atoms with E-state index >= 15 is 0 Å². The lowest BCUT2D eigenvalue weighted by Crippen LogP contribution is -2.54. The number of piperidine rings is 1. The first-order valence-corrected chi connectivity index (χ1v) is 17.6. The first-order chi connectivity index (χ1) is 21.3. The van der Waals surface area contributed by atoms with Gasteiger partial charge in [0, 0.05) is 69.6 Å². The van der Waals surface area contributed by atoms with Crippen molar-refractivity contribution >= 4 is 45.7 Å². The van der Waals surface area contributed by atoms with Crippen LogP contribution in [0.2, 0.25) is 0 Å². The molecule has 8 nitrogen and oxygen atoms in total. The van der Waals surface area contributed by atoms with Gasteiger partial charge in [0.15, 0.2) is 0 Å². The molecule has 2 aromatic rings. The maximum atomic E-state index is 6.07. The number of methoxy groups -OCH3 is 1. The Morgan fingerprint density at radius 1 is 1.09 bits per heavy atom. The van der Waals surface area contributed by atoms with Gasteiger partial charge in [0.1, 0.15) is 11.6 Å². The fourth-order valence-corrected chi connectivity index (χ4v) is 7.47. The second-order valence-electron chi connectivity index (χ2n) is 12.8. The lowest BCUT2D eigenvalue weighted by atomic mass is 9.94. The zero-order valence-corrected chi connectivity index (χ0v) is 29.7. The van der Waals surface area contributed by atoms with E-state index in [1.807, 2.05) is 0 Å². The van der Waals surface area contributed by atoms with Crippen molar-refractivity contribution in [3.8, 4) is 5.75 Å². The van der Waals surface area contributed by atoms with Crippen LogP contribution in [-0.4, -0.2) is 98.0 Å². The highest BCUT2D eigenvalue weighted by molar-refractivity contribution is 14.1. The predicted molar refractivity (Wildman–Crippen MR) is 191 cm³/mol. The second-order valence-corrected chi connectivity index (χ2v) is 13.5. The van der Waals surface area contributed by atoms with Crippen LogP contribution < -0.4 is 15.0 Å². The number of likely N-dealkylation sites (N-methyl/N-ethyl adjacent to an activating group) is 1. The molecule has 0 aliphatic carbocycles. The number of benzene rings is 1. The number of aryl methyl sites for hydroxylation is 1. The summed E-state index contributed by atoms with van der Waals surface area (Å²) in [6, 6.07) is 8.12. The molecule has 5 rings (SSSR count).